The van der Waals surface area contributed by atoms with Crippen LogP contribution in [0.25, 0.3) is 0 Å². The highest BCUT2D eigenvalue weighted by molar-refractivity contribution is 5.81. The quantitative estimate of drug-likeness (QED) is 0.452. The summed E-state index contributed by atoms with van der Waals surface area (Å²) in [4.78, 5) is 22.9. The van der Waals surface area contributed by atoms with Crippen LogP contribution >= 0.6 is 0 Å². The van der Waals surface area contributed by atoms with Gasteiger partial charge in [0, 0.05) is 19.0 Å². The molecule has 0 saturated heterocycles. The highest BCUT2D eigenvalue weighted by Gasteiger charge is 2.22. The minimum absolute atomic E-state index is 0.236. The zero-order valence-electron chi connectivity index (χ0n) is 12.8. The molecule has 2 atom stereocenters. The lowest BCUT2D eigenvalue weighted by Gasteiger charge is -2.18. The molecule has 0 aliphatic carbocycles. The average molecular weight is 308 g/mol. The lowest BCUT2D eigenvalue weighted by Crippen LogP contribution is -2.47. The molecule has 4 N–H and O–H groups in total. The fourth-order valence-electron chi connectivity index (χ4n) is 1.97. The monoisotopic (exact) mass is 308 g/mol. The van der Waals surface area contributed by atoms with Crippen LogP contribution in [0.3, 0.4) is 0 Å². The van der Waals surface area contributed by atoms with Crippen molar-refractivity contribution in [3.8, 4) is 0 Å². The highest BCUT2D eigenvalue weighted by atomic mass is 16.5. The Morgan fingerprint density at radius 3 is 2.64 bits per heavy atom. The summed E-state index contributed by atoms with van der Waals surface area (Å²) in [6, 6.07) is 8.76. The van der Waals surface area contributed by atoms with Crippen molar-refractivity contribution in [2.75, 3.05) is 13.2 Å². The second kappa shape index (κ2) is 9.92. The van der Waals surface area contributed by atoms with E-state index >= 15 is 0 Å². The van der Waals surface area contributed by atoms with Crippen molar-refractivity contribution in [1.82, 2.24) is 5.32 Å². The zero-order valence-corrected chi connectivity index (χ0v) is 12.8. The van der Waals surface area contributed by atoms with E-state index in [4.69, 9.17) is 10.5 Å². The van der Waals surface area contributed by atoms with Gasteiger partial charge in [-0.15, -0.1) is 0 Å². The first-order valence-corrected chi connectivity index (χ1v) is 7.45. The molecule has 1 unspecified atom stereocenters. The SMILES string of the molecule is CCOC(=O)CCCNC(=O)C(O)[C@H](N)Cc1ccccc1. The lowest BCUT2D eigenvalue weighted by molar-refractivity contribution is -0.143. The van der Waals surface area contributed by atoms with E-state index in [1.165, 1.54) is 0 Å². The van der Waals surface area contributed by atoms with E-state index in [2.05, 4.69) is 5.32 Å². The Labute approximate surface area is 130 Å². The van der Waals surface area contributed by atoms with E-state index in [1.54, 1.807) is 6.92 Å². The number of hydrogen-bond donors (Lipinski definition) is 3. The van der Waals surface area contributed by atoms with Crippen LogP contribution in [0.1, 0.15) is 25.3 Å². The maximum atomic E-state index is 11.8. The van der Waals surface area contributed by atoms with Gasteiger partial charge >= 0.3 is 5.97 Å². The third-order valence-corrected chi connectivity index (χ3v) is 3.15. The number of carbonyl (C=O) groups excluding carboxylic acids is 2. The minimum Gasteiger partial charge on any atom is -0.466 e. The Balaban J connectivity index is 2.27. The number of esters is 1. The Bertz CT molecular complexity index is 464. The zero-order chi connectivity index (χ0) is 16.4. The molecule has 6 heteroatoms. The number of nitrogens with one attached hydrogen (secondary N) is 1. The van der Waals surface area contributed by atoms with Crippen LogP contribution in [-0.4, -0.2) is 42.3 Å². The molecule has 122 valence electrons. The summed E-state index contributed by atoms with van der Waals surface area (Å²) in [6.07, 6.45) is -0.160. The molecule has 0 fully saturated rings. The molecule has 0 aliphatic heterocycles. The topological polar surface area (TPSA) is 102 Å². The Morgan fingerprint density at radius 2 is 2.00 bits per heavy atom. The van der Waals surface area contributed by atoms with Gasteiger partial charge in [-0.3, -0.25) is 9.59 Å². The number of carbonyl (C=O) groups is 2. The van der Waals surface area contributed by atoms with Crippen molar-refractivity contribution in [2.24, 2.45) is 5.73 Å². The normalized spacial score (nSPS) is 13.2. The van der Waals surface area contributed by atoms with Gasteiger partial charge in [0.15, 0.2) is 0 Å². The lowest BCUT2D eigenvalue weighted by atomic mass is 10.0. The van der Waals surface area contributed by atoms with E-state index in [0.717, 1.165) is 5.56 Å². The van der Waals surface area contributed by atoms with E-state index in [1.807, 2.05) is 30.3 Å². The van der Waals surface area contributed by atoms with Crippen LogP contribution in [0.2, 0.25) is 0 Å². The summed E-state index contributed by atoms with van der Waals surface area (Å²) in [7, 11) is 0. The molecular weight excluding hydrogens is 284 g/mol. The summed E-state index contributed by atoms with van der Waals surface area (Å²) >= 11 is 0. The molecule has 1 rings (SSSR count). The van der Waals surface area contributed by atoms with Gasteiger partial charge in [0.2, 0.25) is 5.91 Å². The van der Waals surface area contributed by atoms with Crippen LogP contribution in [-0.2, 0) is 20.7 Å². The molecule has 0 saturated carbocycles. The van der Waals surface area contributed by atoms with Crippen molar-refractivity contribution >= 4 is 11.9 Å². The second-order valence-electron chi connectivity index (χ2n) is 5.00. The molecule has 6 nitrogen and oxygen atoms in total. The molecule has 0 aromatic heterocycles. The number of amides is 1. The smallest absolute Gasteiger partial charge is 0.305 e. The Morgan fingerprint density at radius 1 is 1.32 bits per heavy atom. The maximum absolute atomic E-state index is 11.8. The van der Waals surface area contributed by atoms with Gasteiger partial charge in [0.1, 0.15) is 6.10 Å². The third-order valence-electron chi connectivity index (χ3n) is 3.15. The number of aliphatic hydroxyl groups excluding tert-OH is 1. The van der Waals surface area contributed by atoms with Crippen LogP contribution < -0.4 is 11.1 Å². The molecule has 1 aromatic carbocycles. The Kier molecular flexibility index (Phi) is 8.17. The number of benzene rings is 1. The van der Waals surface area contributed by atoms with E-state index in [0.29, 0.717) is 26.0 Å². The van der Waals surface area contributed by atoms with Gasteiger partial charge in [-0.1, -0.05) is 30.3 Å². The largest absolute Gasteiger partial charge is 0.466 e. The summed E-state index contributed by atoms with van der Waals surface area (Å²) in [5, 5.41) is 12.5. The molecule has 22 heavy (non-hydrogen) atoms. The molecular formula is C16H24N2O4. The van der Waals surface area contributed by atoms with E-state index < -0.39 is 18.1 Å². The van der Waals surface area contributed by atoms with E-state index in [-0.39, 0.29) is 12.4 Å². The molecule has 0 spiro atoms. The van der Waals surface area contributed by atoms with Gasteiger partial charge < -0.3 is 20.9 Å². The number of aliphatic hydroxyl groups is 1. The van der Waals surface area contributed by atoms with Crippen molar-refractivity contribution in [1.29, 1.82) is 0 Å². The van der Waals surface area contributed by atoms with Crippen molar-refractivity contribution in [2.45, 2.75) is 38.3 Å². The van der Waals surface area contributed by atoms with Gasteiger partial charge in [-0.05, 0) is 25.3 Å². The summed E-state index contributed by atoms with van der Waals surface area (Å²) in [6.45, 7) is 2.38. The molecule has 0 aliphatic rings. The minimum atomic E-state index is -1.28. The molecule has 0 heterocycles. The first-order valence-electron chi connectivity index (χ1n) is 7.45. The number of ether oxygens (including phenoxy) is 1. The summed E-state index contributed by atoms with van der Waals surface area (Å²) in [5.74, 6) is -0.814. The molecule has 0 radical (unpaired) electrons. The number of rotatable bonds is 9. The van der Waals surface area contributed by atoms with Crippen LogP contribution in [0.4, 0.5) is 0 Å². The first-order chi connectivity index (χ1) is 10.5. The van der Waals surface area contributed by atoms with Crippen molar-refractivity contribution < 1.29 is 19.4 Å². The fourth-order valence-corrected chi connectivity index (χ4v) is 1.97. The predicted octanol–water partition coefficient (Wildman–Crippen LogP) is 0.377. The molecule has 0 bridgehead atoms. The predicted molar refractivity (Wildman–Crippen MR) is 83.0 cm³/mol. The molecule has 1 aromatic rings. The van der Waals surface area contributed by atoms with Gasteiger partial charge in [-0.2, -0.15) is 0 Å². The van der Waals surface area contributed by atoms with Crippen molar-refractivity contribution in [3.63, 3.8) is 0 Å². The third kappa shape index (κ3) is 6.69. The van der Waals surface area contributed by atoms with Crippen LogP contribution in [0.5, 0.6) is 0 Å². The number of hydrogen-bond acceptors (Lipinski definition) is 5. The second-order valence-corrected chi connectivity index (χ2v) is 5.00. The molecule has 1 amide bonds. The summed E-state index contributed by atoms with van der Waals surface area (Å²) < 4.78 is 4.78. The van der Waals surface area contributed by atoms with E-state index in [9.17, 15) is 14.7 Å². The number of nitrogens with two attached hydrogens (primary N) is 1. The summed E-state index contributed by atoms with van der Waals surface area (Å²) in [5.41, 5.74) is 6.82. The maximum Gasteiger partial charge on any atom is 0.305 e. The Hall–Kier alpha value is -1.92. The van der Waals surface area contributed by atoms with Crippen LogP contribution in [0, 0.1) is 0 Å². The average Bonchev–Trinajstić information content (AvgIpc) is 2.51. The van der Waals surface area contributed by atoms with Gasteiger partial charge in [0.05, 0.1) is 6.61 Å². The van der Waals surface area contributed by atoms with Crippen molar-refractivity contribution in [3.05, 3.63) is 35.9 Å². The first kappa shape index (κ1) is 18.1. The van der Waals surface area contributed by atoms with Gasteiger partial charge in [0.25, 0.3) is 0 Å². The van der Waals surface area contributed by atoms with Gasteiger partial charge in [-0.25, -0.2) is 0 Å². The fraction of sp³-hybridized carbons (Fsp3) is 0.500. The van der Waals surface area contributed by atoms with Crippen LogP contribution in [0.15, 0.2) is 30.3 Å². The highest BCUT2D eigenvalue weighted by Crippen LogP contribution is 2.04. The standard InChI is InChI=1S/C16H24N2O4/c1-2-22-14(19)9-6-10-18-16(21)15(20)13(17)11-12-7-4-3-5-8-12/h3-5,7-8,13,15,20H,2,6,9-11,17H2,1H3,(H,18,21)/t13-,15?/m1/s1.